The molecular weight excluding hydrogens is 512 g/mol. The molecule has 0 unspecified atom stereocenters. The van der Waals surface area contributed by atoms with Gasteiger partial charge in [-0.3, -0.25) is 4.57 Å². The van der Waals surface area contributed by atoms with Crippen LogP contribution >= 0.6 is 30.8 Å². The molecule has 184 valence electrons. The highest BCUT2D eigenvalue weighted by Crippen LogP contribution is 2.38. The van der Waals surface area contributed by atoms with Crippen LogP contribution in [0.4, 0.5) is 5.82 Å². The first-order valence-corrected chi connectivity index (χ1v) is 12.7. The van der Waals surface area contributed by atoms with Crippen LogP contribution in [0, 0.1) is 0 Å². The average Bonchev–Trinajstić information content (AvgIpc) is 3.32. The minimum Gasteiger partial charge on any atom is -0.387 e. The zero-order valence-electron chi connectivity index (χ0n) is 17.7. The van der Waals surface area contributed by atoms with Crippen molar-refractivity contribution in [2.75, 3.05) is 11.7 Å². The monoisotopic (exact) mass is 533 g/mol. The molecule has 1 saturated heterocycles. The SMILES string of the molecule is C[C@H](OCP(=O)(O)O)[C@H]1O[C@@H](n2ncc3c(NCc4ccccc4Cl)nc(Cl)nc32)[C@H](O)[C@@H]1O. The van der Waals surface area contributed by atoms with Crippen molar-refractivity contribution in [3.8, 4) is 0 Å². The van der Waals surface area contributed by atoms with Gasteiger partial charge in [0, 0.05) is 11.6 Å². The molecule has 2 aromatic heterocycles. The van der Waals surface area contributed by atoms with Gasteiger partial charge in [0.15, 0.2) is 11.9 Å². The number of nitrogens with zero attached hydrogens (tertiary/aromatic N) is 4. The Hall–Kier alpha value is -1.86. The van der Waals surface area contributed by atoms with Crippen molar-refractivity contribution in [2.24, 2.45) is 0 Å². The lowest BCUT2D eigenvalue weighted by Gasteiger charge is -2.22. The Kier molecular flexibility index (Phi) is 7.44. The van der Waals surface area contributed by atoms with E-state index in [-0.39, 0.29) is 10.9 Å². The molecule has 3 heterocycles. The number of hydrogen-bond acceptors (Lipinski definition) is 9. The minimum absolute atomic E-state index is 0.0844. The molecule has 5 atom stereocenters. The van der Waals surface area contributed by atoms with Crippen LogP contribution in [-0.4, -0.2) is 70.5 Å². The lowest BCUT2D eigenvalue weighted by Crippen LogP contribution is -2.38. The maximum absolute atomic E-state index is 11.1. The summed E-state index contributed by atoms with van der Waals surface area (Å²) in [5.41, 5.74) is 1.08. The molecule has 5 N–H and O–H groups in total. The van der Waals surface area contributed by atoms with E-state index in [1.807, 2.05) is 18.2 Å². The number of anilines is 1. The quantitative estimate of drug-likeness (QED) is 0.211. The van der Waals surface area contributed by atoms with Crippen molar-refractivity contribution >= 4 is 47.6 Å². The number of fused-ring (bicyclic) bond motifs is 1. The largest absolute Gasteiger partial charge is 0.387 e. The minimum atomic E-state index is -4.42. The van der Waals surface area contributed by atoms with Crippen LogP contribution in [0.3, 0.4) is 0 Å². The van der Waals surface area contributed by atoms with Gasteiger partial charge in [-0.25, -0.2) is 4.68 Å². The fourth-order valence-corrected chi connectivity index (χ4v) is 4.42. The number of aliphatic hydroxyl groups excluding tert-OH is 2. The lowest BCUT2D eigenvalue weighted by atomic mass is 10.1. The Morgan fingerprint density at radius 1 is 1.24 bits per heavy atom. The summed E-state index contributed by atoms with van der Waals surface area (Å²) in [6.45, 7) is 1.82. The second kappa shape index (κ2) is 10.0. The summed E-state index contributed by atoms with van der Waals surface area (Å²) < 4.78 is 23.2. The molecule has 1 fully saturated rings. The number of aliphatic hydroxyl groups is 2. The topological polar surface area (TPSA) is 172 Å². The average molecular weight is 534 g/mol. The van der Waals surface area contributed by atoms with E-state index in [2.05, 4.69) is 20.4 Å². The van der Waals surface area contributed by atoms with Gasteiger partial charge in [0.2, 0.25) is 5.28 Å². The molecule has 4 rings (SSSR count). The molecule has 0 bridgehead atoms. The number of halogens is 2. The molecule has 0 radical (unpaired) electrons. The number of nitrogens with one attached hydrogen (secondary N) is 1. The molecule has 34 heavy (non-hydrogen) atoms. The second-order valence-corrected chi connectivity index (χ2v) is 10.1. The Bertz CT molecular complexity index is 1220. The van der Waals surface area contributed by atoms with Gasteiger partial charge in [0.25, 0.3) is 0 Å². The summed E-state index contributed by atoms with van der Waals surface area (Å²) in [6, 6.07) is 7.31. The molecule has 1 aliphatic heterocycles. The van der Waals surface area contributed by atoms with Crippen molar-refractivity contribution in [2.45, 2.75) is 44.1 Å². The van der Waals surface area contributed by atoms with Gasteiger partial charge in [-0.05, 0) is 30.2 Å². The number of aromatic nitrogens is 4. The number of benzene rings is 1. The number of hydrogen-bond donors (Lipinski definition) is 5. The third-order valence-corrected chi connectivity index (χ3v) is 6.34. The summed E-state index contributed by atoms with van der Waals surface area (Å²) in [4.78, 5) is 26.4. The Morgan fingerprint density at radius 3 is 2.68 bits per heavy atom. The predicted octanol–water partition coefficient (Wildman–Crippen LogP) is 1.90. The fourth-order valence-electron chi connectivity index (χ4n) is 3.63. The Morgan fingerprint density at radius 2 is 1.97 bits per heavy atom. The smallest absolute Gasteiger partial charge is 0.350 e. The van der Waals surface area contributed by atoms with Gasteiger partial charge in [0.05, 0.1) is 17.7 Å². The molecule has 1 aliphatic rings. The third kappa shape index (κ3) is 5.35. The Balaban J connectivity index is 1.57. The summed E-state index contributed by atoms with van der Waals surface area (Å²) >= 11 is 12.3. The fraction of sp³-hybridized carbons (Fsp3) is 0.421. The second-order valence-electron chi connectivity index (χ2n) is 7.75. The first kappa shape index (κ1) is 25.2. The van der Waals surface area contributed by atoms with Crippen LogP contribution in [0.5, 0.6) is 0 Å². The number of ether oxygens (including phenoxy) is 2. The van der Waals surface area contributed by atoms with Crippen LogP contribution in [0.2, 0.25) is 10.3 Å². The summed E-state index contributed by atoms with van der Waals surface area (Å²) in [5.74, 6) is 0.379. The first-order valence-electron chi connectivity index (χ1n) is 10.1. The molecule has 0 amide bonds. The first-order chi connectivity index (χ1) is 16.0. The highest BCUT2D eigenvalue weighted by molar-refractivity contribution is 7.51. The molecule has 3 aromatic rings. The van der Waals surface area contributed by atoms with E-state index in [4.69, 9.17) is 42.5 Å². The zero-order chi connectivity index (χ0) is 24.6. The van der Waals surface area contributed by atoms with Crippen LogP contribution in [0.15, 0.2) is 30.5 Å². The van der Waals surface area contributed by atoms with E-state index >= 15 is 0 Å². The molecule has 0 saturated carbocycles. The van der Waals surface area contributed by atoms with Crippen molar-refractivity contribution in [1.82, 2.24) is 19.7 Å². The van der Waals surface area contributed by atoms with Gasteiger partial charge in [-0.1, -0.05) is 29.8 Å². The van der Waals surface area contributed by atoms with E-state index in [1.165, 1.54) is 17.8 Å². The predicted molar refractivity (Wildman–Crippen MR) is 122 cm³/mol. The van der Waals surface area contributed by atoms with Gasteiger partial charge >= 0.3 is 7.60 Å². The van der Waals surface area contributed by atoms with Crippen LogP contribution in [0.25, 0.3) is 11.0 Å². The summed E-state index contributed by atoms with van der Waals surface area (Å²) in [6.07, 6.45) is -5.41. The van der Waals surface area contributed by atoms with Crippen molar-refractivity contribution in [3.05, 3.63) is 46.3 Å². The van der Waals surface area contributed by atoms with E-state index in [9.17, 15) is 14.8 Å². The Labute approximate surface area is 203 Å². The van der Waals surface area contributed by atoms with Crippen LogP contribution in [-0.2, 0) is 20.6 Å². The van der Waals surface area contributed by atoms with E-state index in [0.29, 0.717) is 22.8 Å². The molecular formula is C19H22Cl2N5O7P. The van der Waals surface area contributed by atoms with Gasteiger partial charge in [-0.2, -0.15) is 15.1 Å². The zero-order valence-corrected chi connectivity index (χ0v) is 20.1. The maximum atomic E-state index is 11.1. The normalized spacial score (nSPS) is 24.0. The third-order valence-electron chi connectivity index (χ3n) is 5.32. The molecule has 15 heteroatoms. The van der Waals surface area contributed by atoms with E-state index in [0.717, 1.165) is 5.56 Å². The van der Waals surface area contributed by atoms with E-state index < -0.39 is 44.6 Å². The molecule has 12 nitrogen and oxygen atoms in total. The van der Waals surface area contributed by atoms with Crippen LogP contribution < -0.4 is 5.32 Å². The summed E-state index contributed by atoms with van der Waals surface area (Å²) in [5, 5.41) is 29.4. The van der Waals surface area contributed by atoms with Gasteiger partial charge < -0.3 is 34.8 Å². The molecule has 1 aromatic carbocycles. The lowest BCUT2D eigenvalue weighted by molar-refractivity contribution is -0.0972. The maximum Gasteiger partial charge on any atom is 0.350 e. The van der Waals surface area contributed by atoms with Crippen molar-refractivity contribution in [1.29, 1.82) is 0 Å². The molecule has 0 aliphatic carbocycles. The highest BCUT2D eigenvalue weighted by Gasteiger charge is 2.47. The van der Waals surface area contributed by atoms with Crippen molar-refractivity contribution in [3.63, 3.8) is 0 Å². The highest BCUT2D eigenvalue weighted by atomic mass is 35.5. The number of rotatable bonds is 8. The van der Waals surface area contributed by atoms with Gasteiger partial charge in [0.1, 0.15) is 30.5 Å². The van der Waals surface area contributed by atoms with Crippen LogP contribution in [0.1, 0.15) is 18.7 Å². The molecule has 0 spiro atoms. The standard InChI is InChI=1S/C19H22Cl2N5O7P/c1-9(32-8-34(29,30)31)15-13(27)14(28)18(33-15)26-17-11(7-23-26)16(24-19(21)25-17)22-6-10-4-2-3-5-12(10)20/h2-5,7,9,13-15,18,27-28H,6,8H2,1H3,(H,22,24,25)(H2,29,30,31)/t9-,13-,14+,15+,18+/m0/s1. The van der Waals surface area contributed by atoms with Crippen molar-refractivity contribution < 1.29 is 34.0 Å². The van der Waals surface area contributed by atoms with E-state index in [1.54, 1.807) is 6.07 Å². The van der Waals surface area contributed by atoms with Gasteiger partial charge in [-0.15, -0.1) is 0 Å². The summed E-state index contributed by atoms with van der Waals surface area (Å²) in [7, 11) is -4.42.